The number of hydrogen-bond acceptors (Lipinski definition) is 4. The zero-order chi connectivity index (χ0) is 35.6. The van der Waals surface area contributed by atoms with Gasteiger partial charge in [0.2, 0.25) is 0 Å². The van der Waals surface area contributed by atoms with E-state index in [1.54, 1.807) is 0 Å². The SMILES string of the molecule is c1ccc(N(c2cc(Nc3ccc4oc5ccccc5c4c3)cc(-c3ccc4c(c3)sc3ccccc34)c2)c2cc3ccccc3c3ccccc23)cc1. The first-order valence-corrected chi connectivity index (χ1v) is 19.1. The minimum Gasteiger partial charge on any atom is -0.456 e. The van der Waals surface area contributed by atoms with Gasteiger partial charge in [-0.15, -0.1) is 11.3 Å². The third-order valence-electron chi connectivity index (χ3n) is 10.6. The van der Waals surface area contributed by atoms with Crippen LogP contribution in [0.1, 0.15) is 0 Å². The number of hydrogen-bond donors (Lipinski definition) is 1. The second-order valence-corrected chi connectivity index (χ2v) is 14.9. The van der Waals surface area contributed by atoms with Crippen LogP contribution in [-0.4, -0.2) is 0 Å². The largest absolute Gasteiger partial charge is 0.456 e. The lowest BCUT2D eigenvalue weighted by molar-refractivity contribution is 0.669. The maximum Gasteiger partial charge on any atom is 0.135 e. The molecule has 0 saturated carbocycles. The fourth-order valence-corrected chi connectivity index (χ4v) is 9.22. The first-order valence-electron chi connectivity index (χ1n) is 18.2. The van der Waals surface area contributed by atoms with Crippen molar-refractivity contribution in [3.63, 3.8) is 0 Å². The number of benzene rings is 9. The lowest BCUT2D eigenvalue weighted by Gasteiger charge is -2.28. The Balaban J connectivity index is 1.14. The number of fused-ring (bicyclic) bond motifs is 9. The summed E-state index contributed by atoms with van der Waals surface area (Å²) in [6, 6.07) is 67.6. The highest BCUT2D eigenvalue weighted by atomic mass is 32.1. The van der Waals surface area contributed by atoms with Gasteiger partial charge in [0.05, 0.1) is 5.69 Å². The van der Waals surface area contributed by atoms with Gasteiger partial charge in [-0.1, -0.05) is 115 Å². The fourth-order valence-electron chi connectivity index (χ4n) is 8.08. The molecule has 0 aliphatic rings. The minimum absolute atomic E-state index is 0.881. The van der Waals surface area contributed by atoms with Gasteiger partial charge < -0.3 is 14.6 Å². The summed E-state index contributed by atoms with van der Waals surface area (Å²) >= 11 is 1.85. The topological polar surface area (TPSA) is 28.4 Å². The molecular formula is C50H32N2OS. The molecule has 0 saturated heterocycles. The predicted octanol–water partition coefficient (Wildman–Crippen LogP) is 15.1. The van der Waals surface area contributed by atoms with Crippen molar-refractivity contribution in [1.82, 2.24) is 0 Å². The van der Waals surface area contributed by atoms with Gasteiger partial charge in [0, 0.05) is 59.1 Å². The van der Waals surface area contributed by atoms with Gasteiger partial charge in [-0.05, 0) is 100 Å². The second kappa shape index (κ2) is 12.4. The van der Waals surface area contributed by atoms with Crippen molar-refractivity contribution in [3.05, 3.63) is 188 Å². The molecule has 0 bridgehead atoms. The van der Waals surface area contributed by atoms with Crippen LogP contribution in [0.25, 0.3) is 74.8 Å². The van der Waals surface area contributed by atoms with E-state index >= 15 is 0 Å². The Morgan fingerprint density at radius 3 is 1.98 bits per heavy atom. The number of rotatable bonds is 6. The Labute approximate surface area is 315 Å². The summed E-state index contributed by atoms with van der Waals surface area (Å²) in [7, 11) is 0. The Morgan fingerprint density at radius 2 is 1.09 bits per heavy atom. The van der Waals surface area contributed by atoms with E-state index in [1.165, 1.54) is 47.3 Å². The Morgan fingerprint density at radius 1 is 0.389 bits per heavy atom. The standard InChI is InChI=1S/C50H32N2OS/c1-2-13-37(14-3-1)52(46-28-33-12-4-5-15-39(33)40-16-6-7-17-41(40)46)38-27-34(32-22-24-44-43-19-9-11-21-49(43)54-50(44)29-32)26-36(30-38)51-35-23-25-48-45(31-35)42-18-8-10-20-47(42)53-48/h1-31,51H. The molecule has 254 valence electrons. The normalized spacial score (nSPS) is 11.7. The van der Waals surface area contributed by atoms with Crippen molar-refractivity contribution in [1.29, 1.82) is 0 Å². The van der Waals surface area contributed by atoms with Crippen LogP contribution in [0.4, 0.5) is 28.4 Å². The molecule has 9 aromatic carbocycles. The molecule has 0 amide bonds. The van der Waals surface area contributed by atoms with Crippen LogP contribution < -0.4 is 10.2 Å². The van der Waals surface area contributed by atoms with Gasteiger partial charge in [0.25, 0.3) is 0 Å². The first-order chi connectivity index (χ1) is 26.7. The van der Waals surface area contributed by atoms with Crippen molar-refractivity contribution >= 4 is 103 Å². The number of para-hydroxylation sites is 2. The third kappa shape index (κ3) is 5.11. The maximum atomic E-state index is 6.17. The van der Waals surface area contributed by atoms with E-state index in [0.717, 1.165) is 55.9 Å². The molecule has 11 aromatic rings. The van der Waals surface area contributed by atoms with Crippen LogP contribution in [0.15, 0.2) is 192 Å². The van der Waals surface area contributed by atoms with Crippen molar-refractivity contribution in [2.45, 2.75) is 0 Å². The molecule has 4 heteroatoms. The number of anilines is 5. The van der Waals surface area contributed by atoms with Crippen molar-refractivity contribution < 1.29 is 4.42 Å². The predicted molar refractivity (Wildman–Crippen MR) is 231 cm³/mol. The van der Waals surface area contributed by atoms with E-state index in [9.17, 15) is 0 Å². The van der Waals surface area contributed by atoms with Crippen LogP contribution in [0, 0.1) is 0 Å². The Hall–Kier alpha value is -6.88. The Kier molecular flexibility index (Phi) is 7.04. The molecule has 0 atom stereocenters. The van der Waals surface area contributed by atoms with E-state index < -0.39 is 0 Å². The lowest BCUT2D eigenvalue weighted by atomic mass is 9.98. The average Bonchev–Trinajstić information content (AvgIpc) is 3.79. The summed E-state index contributed by atoms with van der Waals surface area (Å²) in [5.41, 5.74) is 9.36. The maximum absolute atomic E-state index is 6.17. The van der Waals surface area contributed by atoms with Crippen LogP contribution >= 0.6 is 11.3 Å². The van der Waals surface area contributed by atoms with Crippen molar-refractivity contribution in [3.8, 4) is 11.1 Å². The van der Waals surface area contributed by atoms with Crippen LogP contribution in [0.2, 0.25) is 0 Å². The monoisotopic (exact) mass is 708 g/mol. The fraction of sp³-hybridized carbons (Fsp3) is 0. The zero-order valence-corrected chi connectivity index (χ0v) is 30.0. The highest BCUT2D eigenvalue weighted by Gasteiger charge is 2.19. The molecule has 0 aliphatic carbocycles. The highest BCUT2D eigenvalue weighted by molar-refractivity contribution is 7.25. The summed E-state index contributed by atoms with van der Waals surface area (Å²) < 4.78 is 8.76. The summed E-state index contributed by atoms with van der Waals surface area (Å²) in [5, 5.41) is 13.5. The second-order valence-electron chi connectivity index (χ2n) is 13.8. The molecule has 0 spiro atoms. The van der Waals surface area contributed by atoms with E-state index in [2.05, 4.69) is 186 Å². The van der Waals surface area contributed by atoms with E-state index in [-0.39, 0.29) is 0 Å². The molecule has 2 heterocycles. The molecule has 11 rings (SSSR count). The van der Waals surface area contributed by atoms with Gasteiger partial charge >= 0.3 is 0 Å². The molecular weight excluding hydrogens is 677 g/mol. The molecule has 54 heavy (non-hydrogen) atoms. The first kappa shape index (κ1) is 30.7. The van der Waals surface area contributed by atoms with Gasteiger partial charge in [0.15, 0.2) is 0 Å². The average molecular weight is 709 g/mol. The van der Waals surface area contributed by atoms with Gasteiger partial charge in [-0.3, -0.25) is 0 Å². The van der Waals surface area contributed by atoms with Crippen LogP contribution in [0.5, 0.6) is 0 Å². The Bertz CT molecular complexity index is 3210. The van der Waals surface area contributed by atoms with Crippen LogP contribution in [0.3, 0.4) is 0 Å². The van der Waals surface area contributed by atoms with E-state index in [4.69, 9.17) is 4.42 Å². The summed E-state index contributed by atoms with van der Waals surface area (Å²) in [4.78, 5) is 2.41. The quantitative estimate of drug-likeness (QED) is 0.174. The van der Waals surface area contributed by atoms with Gasteiger partial charge in [-0.25, -0.2) is 0 Å². The van der Waals surface area contributed by atoms with Crippen molar-refractivity contribution in [2.24, 2.45) is 0 Å². The molecule has 0 fully saturated rings. The minimum atomic E-state index is 0.881. The van der Waals surface area contributed by atoms with E-state index in [0.29, 0.717) is 0 Å². The number of furan rings is 1. The number of thiophene rings is 1. The summed E-state index contributed by atoms with van der Waals surface area (Å²) in [5.74, 6) is 0. The molecule has 2 aromatic heterocycles. The zero-order valence-electron chi connectivity index (χ0n) is 29.2. The number of nitrogens with one attached hydrogen (secondary N) is 1. The third-order valence-corrected chi connectivity index (χ3v) is 11.7. The van der Waals surface area contributed by atoms with Gasteiger partial charge in [0.1, 0.15) is 11.2 Å². The molecule has 1 N–H and O–H groups in total. The number of nitrogens with zero attached hydrogens (tertiary/aromatic N) is 1. The molecule has 0 radical (unpaired) electrons. The van der Waals surface area contributed by atoms with Gasteiger partial charge in [-0.2, -0.15) is 0 Å². The molecule has 3 nitrogen and oxygen atoms in total. The highest BCUT2D eigenvalue weighted by Crippen LogP contribution is 2.45. The lowest BCUT2D eigenvalue weighted by Crippen LogP contribution is -2.11. The van der Waals surface area contributed by atoms with E-state index in [1.807, 2.05) is 23.5 Å². The van der Waals surface area contributed by atoms with Crippen molar-refractivity contribution in [2.75, 3.05) is 10.2 Å². The summed E-state index contributed by atoms with van der Waals surface area (Å²) in [6.07, 6.45) is 0. The summed E-state index contributed by atoms with van der Waals surface area (Å²) in [6.45, 7) is 0. The smallest absolute Gasteiger partial charge is 0.135 e. The molecule has 0 aliphatic heterocycles. The van der Waals surface area contributed by atoms with Crippen LogP contribution in [-0.2, 0) is 0 Å². The molecule has 0 unspecified atom stereocenters.